The second kappa shape index (κ2) is 16.5. The van der Waals surface area contributed by atoms with E-state index in [2.05, 4.69) is 215 Å². The van der Waals surface area contributed by atoms with E-state index in [4.69, 9.17) is 0 Å². The van der Waals surface area contributed by atoms with E-state index in [-0.39, 0.29) is 0 Å². The van der Waals surface area contributed by atoms with Gasteiger partial charge in [0, 0.05) is 73.0 Å². The minimum Gasteiger partial charge on any atom is -0.307 e. The normalized spacial score (nSPS) is 11.8. The summed E-state index contributed by atoms with van der Waals surface area (Å²) in [5.41, 5.74) is 13.2. The number of hydrogen-bond donors (Lipinski definition) is 0. The third-order valence-electron chi connectivity index (χ3n) is 15.0. The topological polar surface area (TPSA) is 57.4 Å². The molecule has 4 nitrogen and oxygen atoms in total. The largest absolute Gasteiger partial charge is 0.307 e. The third-order valence-corrected chi connectivity index (χ3v) is 17.4. The second-order valence-electron chi connectivity index (χ2n) is 18.8. The van der Waals surface area contributed by atoms with E-state index in [1.807, 2.05) is 59.1 Å². The summed E-state index contributed by atoms with van der Waals surface area (Å²) in [4.78, 5) is 0. The molecule has 0 atom stereocenters. The molecule has 4 heterocycles. The molecule has 342 valence electrons. The number of para-hydroxylation sites is 2. The minimum absolute atomic E-state index is 0.415. The molecule has 4 aromatic heterocycles. The summed E-state index contributed by atoms with van der Waals surface area (Å²) in [6.07, 6.45) is 0. The molecular weight excluding hydrogens is 937 g/mol. The Hall–Kier alpha value is -9.56. The number of aromatic nitrogens is 2. The average Bonchev–Trinajstić information content (AvgIpc) is 4.23. The molecule has 74 heavy (non-hydrogen) atoms. The Morgan fingerprint density at radius 3 is 1.11 bits per heavy atom. The van der Waals surface area contributed by atoms with Crippen molar-refractivity contribution >= 4 is 107 Å². The number of fused-ring (bicyclic) bond motifs is 14. The Kier molecular flexibility index (Phi) is 9.40. The zero-order valence-corrected chi connectivity index (χ0v) is 41.2. The lowest BCUT2D eigenvalue weighted by Gasteiger charge is -2.27. The molecule has 0 radical (unpaired) electrons. The molecule has 15 aromatic rings. The van der Waals surface area contributed by atoms with E-state index >= 15 is 0 Å². The summed E-state index contributed by atoms with van der Waals surface area (Å²) in [5, 5.41) is 34.1. The Bertz CT molecular complexity index is 4690. The molecule has 0 saturated heterocycles. The van der Waals surface area contributed by atoms with E-state index in [0.717, 1.165) is 82.6 Å². The lowest BCUT2D eigenvalue weighted by atomic mass is 9.82. The van der Waals surface area contributed by atoms with E-state index < -0.39 is 0 Å². The fourth-order valence-corrected chi connectivity index (χ4v) is 14.5. The maximum atomic E-state index is 12.4. The molecule has 6 heteroatoms. The molecule has 0 fully saturated rings. The van der Waals surface area contributed by atoms with Gasteiger partial charge < -0.3 is 9.13 Å². The van der Waals surface area contributed by atoms with Crippen LogP contribution in [0.4, 0.5) is 0 Å². The Balaban J connectivity index is 1.23. The summed E-state index contributed by atoms with van der Waals surface area (Å²) >= 11 is 3.62. The van der Waals surface area contributed by atoms with Crippen LogP contribution >= 0.6 is 22.7 Å². The number of nitriles is 2. The first kappa shape index (κ1) is 42.2. The van der Waals surface area contributed by atoms with Crippen LogP contribution in [-0.2, 0) is 0 Å². The van der Waals surface area contributed by atoms with E-state index in [1.165, 1.54) is 40.3 Å². The lowest BCUT2D eigenvalue weighted by Crippen LogP contribution is -2.12. The quantitative estimate of drug-likeness (QED) is 0.167. The number of rotatable bonds is 6. The zero-order valence-electron chi connectivity index (χ0n) is 39.5. The standard InChI is InChI=1S/C68H38N4S2/c69-39-53-61(47-27-9-7-23-43(47)41-19-3-1-4-20-41)54(40-70)66(72-56-32-16-12-30-52(56)63-58(72)38-36-50-46-26-14-18-34-60(46)74-68(50)63)64(48-28-10-8-24-44(48)42-21-5-2-6-22-42)65(53)71-55-31-15-11-29-51(55)62-57(71)37-35-49-45-25-13-17-33-59(45)73-67(49)62/h1-38H. The summed E-state index contributed by atoms with van der Waals surface area (Å²) in [6.45, 7) is 0. The van der Waals surface area contributed by atoms with Gasteiger partial charge in [-0.25, -0.2) is 0 Å². The predicted octanol–water partition coefficient (Wildman–Crippen LogP) is 19.0. The van der Waals surface area contributed by atoms with Crippen LogP contribution in [0.3, 0.4) is 0 Å². The second-order valence-corrected chi connectivity index (χ2v) is 20.9. The van der Waals surface area contributed by atoms with Crippen molar-refractivity contribution in [2.75, 3.05) is 0 Å². The highest BCUT2D eigenvalue weighted by atomic mass is 32.1. The average molecular weight is 975 g/mol. The van der Waals surface area contributed by atoms with Crippen LogP contribution in [0, 0.1) is 22.7 Å². The van der Waals surface area contributed by atoms with Crippen LogP contribution in [-0.4, -0.2) is 9.13 Å². The molecule has 0 bridgehead atoms. The van der Waals surface area contributed by atoms with Crippen molar-refractivity contribution in [2.45, 2.75) is 0 Å². The van der Waals surface area contributed by atoms with Gasteiger partial charge in [0.2, 0.25) is 0 Å². The summed E-state index contributed by atoms with van der Waals surface area (Å²) in [6, 6.07) is 86.9. The fourth-order valence-electron chi connectivity index (χ4n) is 12.0. The Labute approximate surface area is 433 Å². The highest BCUT2D eigenvalue weighted by molar-refractivity contribution is 7.27. The van der Waals surface area contributed by atoms with Gasteiger partial charge in [-0.2, -0.15) is 10.5 Å². The van der Waals surface area contributed by atoms with Crippen molar-refractivity contribution in [3.8, 4) is 68.0 Å². The molecule has 15 rings (SSSR count). The first-order valence-corrected chi connectivity index (χ1v) is 26.3. The van der Waals surface area contributed by atoms with Crippen molar-refractivity contribution < 1.29 is 0 Å². The van der Waals surface area contributed by atoms with Gasteiger partial charge in [-0.3, -0.25) is 0 Å². The van der Waals surface area contributed by atoms with Crippen LogP contribution in [0.15, 0.2) is 231 Å². The highest BCUT2D eigenvalue weighted by Gasteiger charge is 2.34. The molecule has 11 aromatic carbocycles. The predicted molar refractivity (Wildman–Crippen MR) is 312 cm³/mol. The van der Waals surface area contributed by atoms with Gasteiger partial charge in [0.15, 0.2) is 0 Å². The number of hydrogen-bond acceptors (Lipinski definition) is 4. The first-order chi connectivity index (χ1) is 36.7. The van der Waals surface area contributed by atoms with Crippen molar-refractivity contribution in [1.82, 2.24) is 9.13 Å². The zero-order chi connectivity index (χ0) is 49.0. The summed E-state index contributed by atoms with van der Waals surface area (Å²) < 4.78 is 9.54. The molecule has 0 aliphatic rings. The number of nitrogens with zero attached hydrogens (tertiary/aromatic N) is 4. The van der Waals surface area contributed by atoms with Crippen LogP contribution < -0.4 is 0 Å². The van der Waals surface area contributed by atoms with Crippen molar-refractivity contribution in [3.63, 3.8) is 0 Å². The van der Waals surface area contributed by atoms with Crippen LogP contribution in [0.1, 0.15) is 11.1 Å². The van der Waals surface area contributed by atoms with E-state index in [9.17, 15) is 10.5 Å². The molecule has 0 unspecified atom stereocenters. The van der Waals surface area contributed by atoms with Gasteiger partial charge in [-0.15, -0.1) is 22.7 Å². The summed E-state index contributed by atoms with van der Waals surface area (Å²) in [5.74, 6) is 0. The molecule has 0 saturated carbocycles. The summed E-state index contributed by atoms with van der Waals surface area (Å²) in [7, 11) is 0. The van der Waals surface area contributed by atoms with Gasteiger partial charge in [-0.1, -0.05) is 194 Å². The van der Waals surface area contributed by atoms with Gasteiger partial charge in [0.1, 0.15) is 12.1 Å². The van der Waals surface area contributed by atoms with Crippen LogP contribution in [0.5, 0.6) is 0 Å². The van der Waals surface area contributed by atoms with E-state index in [1.54, 1.807) is 0 Å². The monoisotopic (exact) mass is 974 g/mol. The fraction of sp³-hybridized carbons (Fsp3) is 0. The minimum atomic E-state index is 0.415. The maximum absolute atomic E-state index is 12.4. The molecule has 0 N–H and O–H groups in total. The van der Waals surface area contributed by atoms with Crippen LogP contribution in [0.25, 0.3) is 140 Å². The first-order valence-electron chi connectivity index (χ1n) is 24.7. The molecule has 0 amide bonds. The van der Waals surface area contributed by atoms with Gasteiger partial charge >= 0.3 is 0 Å². The van der Waals surface area contributed by atoms with Gasteiger partial charge in [0.05, 0.1) is 44.6 Å². The van der Waals surface area contributed by atoms with E-state index in [0.29, 0.717) is 28.1 Å². The van der Waals surface area contributed by atoms with Gasteiger partial charge in [-0.05, 0) is 69.8 Å². The smallest absolute Gasteiger partial charge is 0.102 e. The van der Waals surface area contributed by atoms with Gasteiger partial charge in [0.25, 0.3) is 0 Å². The number of thiophene rings is 2. The maximum Gasteiger partial charge on any atom is 0.102 e. The molecule has 0 aliphatic carbocycles. The Morgan fingerprint density at radius 2 is 0.662 bits per heavy atom. The third kappa shape index (κ3) is 5.99. The van der Waals surface area contributed by atoms with Crippen molar-refractivity contribution in [2.24, 2.45) is 0 Å². The molecular formula is C68H38N4S2. The Morgan fingerprint density at radius 1 is 0.297 bits per heavy atom. The highest BCUT2D eigenvalue weighted by Crippen LogP contribution is 2.53. The SMILES string of the molecule is N#Cc1c(-c2ccccc2-c2ccccc2)c(C#N)c(-n2c3ccccc3c3c4sc5ccccc5c4ccc32)c(-c2ccccc2-c2ccccc2)c1-n1c2ccccc2c2c3sc4ccccc4c3ccc21. The van der Waals surface area contributed by atoms with Crippen LogP contribution in [0.2, 0.25) is 0 Å². The van der Waals surface area contributed by atoms with Crippen molar-refractivity contribution in [1.29, 1.82) is 10.5 Å². The number of benzene rings is 11. The molecule has 0 aliphatic heterocycles. The lowest BCUT2D eigenvalue weighted by molar-refractivity contribution is 1.12. The molecule has 0 spiro atoms. The van der Waals surface area contributed by atoms with Crippen molar-refractivity contribution in [3.05, 3.63) is 242 Å².